The van der Waals surface area contributed by atoms with Gasteiger partial charge in [0.1, 0.15) is 0 Å². The van der Waals surface area contributed by atoms with Crippen LogP contribution in [0.25, 0.3) is 16.9 Å². The summed E-state index contributed by atoms with van der Waals surface area (Å²) in [6, 6.07) is 18.3. The predicted octanol–water partition coefficient (Wildman–Crippen LogP) is 4.93. The quantitative estimate of drug-likeness (QED) is 0.440. The van der Waals surface area contributed by atoms with E-state index in [2.05, 4.69) is 46.6 Å². The molecule has 1 N–H and O–H groups in total. The molecule has 0 atom stereocenters. The highest BCUT2D eigenvalue weighted by Crippen LogP contribution is 2.26. The van der Waals surface area contributed by atoms with Crippen molar-refractivity contribution in [2.75, 3.05) is 11.1 Å². The van der Waals surface area contributed by atoms with Crippen LogP contribution in [0.2, 0.25) is 0 Å². The standard InChI is InChI=1S/C24H25N5OS/c1-16-10-12-20(13-11-16)29-18(3)23(17(2)27-29)26-22(30)15-31-24-25-14-21(28(24)4)19-8-6-5-7-9-19/h5-14H,15H2,1-4H3,(H,26,30). The second-order valence-electron chi connectivity index (χ2n) is 7.48. The van der Waals surface area contributed by atoms with E-state index < -0.39 is 0 Å². The summed E-state index contributed by atoms with van der Waals surface area (Å²) < 4.78 is 3.88. The Kier molecular flexibility index (Phi) is 5.95. The van der Waals surface area contributed by atoms with Crippen molar-refractivity contribution in [3.05, 3.63) is 77.7 Å². The molecule has 0 bridgehead atoms. The molecule has 158 valence electrons. The third-order valence-corrected chi connectivity index (χ3v) is 6.23. The Bertz CT molecular complexity index is 1210. The molecule has 0 saturated carbocycles. The minimum Gasteiger partial charge on any atom is -0.322 e. The van der Waals surface area contributed by atoms with E-state index in [-0.39, 0.29) is 11.7 Å². The molecular formula is C24H25N5OS. The highest BCUT2D eigenvalue weighted by atomic mass is 32.2. The number of hydrogen-bond acceptors (Lipinski definition) is 4. The normalized spacial score (nSPS) is 11.0. The molecule has 2 aromatic carbocycles. The van der Waals surface area contributed by atoms with Crippen molar-refractivity contribution in [2.45, 2.75) is 25.9 Å². The van der Waals surface area contributed by atoms with Crippen LogP contribution in [0.1, 0.15) is 17.0 Å². The predicted molar refractivity (Wildman–Crippen MR) is 126 cm³/mol. The molecule has 0 aliphatic rings. The van der Waals surface area contributed by atoms with Crippen molar-refractivity contribution in [2.24, 2.45) is 7.05 Å². The Labute approximate surface area is 186 Å². The molecule has 4 rings (SSSR count). The zero-order valence-electron chi connectivity index (χ0n) is 18.1. The smallest absolute Gasteiger partial charge is 0.234 e. The molecule has 0 radical (unpaired) electrons. The van der Waals surface area contributed by atoms with Gasteiger partial charge in [0.15, 0.2) is 5.16 Å². The van der Waals surface area contributed by atoms with Gasteiger partial charge in [-0.2, -0.15) is 5.10 Å². The van der Waals surface area contributed by atoms with Crippen LogP contribution in [0, 0.1) is 20.8 Å². The maximum atomic E-state index is 12.7. The summed E-state index contributed by atoms with van der Waals surface area (Å²) in [7, 11) is 1.97. The number of benzene rings is 2. The van der Waals surface area contributed by atoms with Gasteiger partial charge in [-0.25, -0.2) is 9.67 Å². The summed E-state index contributed by atoms with van der Waals surface area (Å²) in [5, 5.41) is 8.44. The molecule has 0 spiro atoms. The fourth-order valence-corrected chi connectivity index (χ4v) is 4.22. The van der Waals surface area contributed by atoms with E-state index in [1.807, 2.05) is 66.7 Å². The molecule has 0 unspecified atom stereocenters. The largest absolute Gasteiger partial charge is 0.322 e. The number of rotatable bonds is 6. The monoisotopic (exact) mass is 431 g/mol. The van der Waals surface area contributed by atoms with Crippen LogP contribution in [0.3, 0.4) is 0 Å². The van der Waals surface area contributed by atoms with Gasteiger partial charge >= 0.3 is 0 Å². The topological polar surface area (TPSA) is 64.7 Å². The van der Waals surface area contributed by atoms with Crippen molar-refractivity contribution in [3.8, 4) is 16.9 Å². The average Bonchev–Trinajstić information content (AvgIpc) is 3.28. The Morgan fingerprint density at radius 3 is 2.45 bits per heavy atom. The number of hydrogen-bond donors (Lipinski definition) is 1. The van der Waals surface area contributed by atoms with E-state index in [1.54, 1.807) is 0 Å². The summed E-state index contributed by atoms with van der Waals surface area (Å²) in [4.78, 5) is 17.1. The fraction of sp³-hybridized carbons (Fsp3) is 0.208. The first-order valence-electron chi connectivity index (χ1n) is 10.1. The van der Waals surface area contributed by atoms with Crippen molar-refractivity contribution >= 4 is 23.4 Å². The molecule has 6 nitrogen and oxygen atoms in total. The van der Waals surface area contributed by atoms with Crippen LogP contribution in [-0.4, -0.2) is 31.0 Å². The average molecular weight is 432 g/mol. The third-order valence-electron chi connectivity index (χ3n) is 5.18. The molecule has 2 heterocycles. The van der Waals surface area contributed by atoms with E-state index >= 15 is 0 Å². The maximum Gasteiger partial charge on any atom is 0.234 e. The van der Waals surface area contributed by atoms with E-state index in [0.717, 1.165) is 39.2 Å². The van der Waals surface area contributed by atoms with Gasteiger partial charge in [0.05, 0.1) is 40.4 Å². The molecule has 2 aromatic heterocycles. The van der Waals surface area contributed by atoms with Crippen molar-refractivity contribution in [1.82, 2.24) is 19.3 Å². The van der Waals surface area contributed by atoms with Gasteiger partial charge in [0, 0.05) is 7.05 Å². The van der Waals surface area contributed by atoms with Gasteiger partial charge in [-0.3, -0.25) is 4.79 Å². The first-order valence-corrected chi connectivity index (χ1v) is 11.1. The summed E-state index contributed by atoms with van der Waals surface area (Å²) >= 11 is 1.42. The molecule has 1 amide bonds. The Balaban J connectivity index is 1.44. The Morgan fingerprint density at radius 1 is 1.03 bits per heavy atom. The van der Waals surface area contributed by atoms with Gasteiger partial charge in [0.2, 0.25) is 5.91 Å². The first-order chi connectivity index (χ1) is 14.9. The van der Waals surface area contributed by atoms with Crippen LogP contribution in [0.15, 0.2) is 66.0 Å². The van der Waals surface area contributed by atoms with Gasteiger partial charge < -0.3 is 9.88 Å². The van der Waals surface area contributed by atoms with E-state index in [0.29, 0.717) is 0 Å². The maximum absolute atomic E-state index is 12.7. The molecule has 0 fully saturated rings. The lowest BCUT2D eigenvalue weighted by Gasteiger charge is -2.08. The van der Waals surface area contributed by atoms with Crippen LogP contribution >= 0.6 is 11.8 Å². The number of aryl methyl sites for hydroxylation is 2. The number of thioether (sulfide) groups is 1. The van der Waals surface area contributed by atoms with E-state index in [1.165, 1.54) is 17.3 Å². The Hall–Kier alpha value is -3.32. The SMILES string of the molecule is Cc1ccc(-n2nc(C)c(NC(=O)CSc3ncc(-c4ccccc4)n3C)c2C)cc1. The van der Waals surface area contributed by atoms with Crippen LogP contribution in [-0.2, 0) is 11.8 Å². The lowest BCUT2D eigenvalue weighted by atomic mass is 10.2. The second-order valence-corrected chi connectivity index (χ2v) is 8.42. The van der Waals surface area contributed by atoms with Gasteiger partial charge in [0.25, 0.3) is 0 Å². The molecule has 7 heteroatoms. The zero-order chi connectivity index (χ0) is 22.0. The van der Waals surface area contributed by atoms with E-state index in [4.69, 9.17) is 0 Å². The number of carbonyl (C=O) groups excluding carboxylic acids is 1. The first kappa shape index (κ1) is 20.9. The van der Waals surface area contributed by atoms with Crippen LogP contribution < -0.4 is 5.32 Å². The number of amides is 1. The number of aromatic nitrogens is 4. The molecule has 31 heavy (non-hydrogen) atoms. The second kappa shape index (κ2) is 8.81. The highest BCUT2D eigenvalue weighted by Gasteiger charge is 2.16. The molecule has 0 aliphatic heterocycles. The molecule has 0 saturated heterocycles. The molecule has 4 aromatic rings. The number of nitrogens with one attached hydrogen (secondary N) is 1. The number of imidazole rings is 1. The number of nitrogens with zero attached hydrogens (tertiary/aromatic N) is 4. The third kappa shape index (κ3) is 4.41. The van der Waals surface area contributed by atoms with Crippen LogP contribution in [0.5, 0.6) is 0 Å². The summed E-state index contributed by atoms with van der Waals surface area (Å²) in [5.74, 6) is 0.192. The molecule has 0 aliphatic carbocycles. The lowest BCUT2D eigenvalue weighted by Crippen LogP contribution is -2.15. The van der Waals surface area contributed by atoms with Gasteiger partial charge in [-0.1, -0.05) is 59.8 Å². The molecular weight excluding hydrogens is 406 g/mol. The highest BCUT2D eigenvalue weighted by molar-refractivity contribution is 7.99. The minimum absolute atomic E-state index is 0.0797. The Morgan fingerprint density at radius 2 is 1.74 bits per heavy atom. The zero-order valence-corrected chi connectivity index (χ0v) is 18.9. The van der Waals surface area contributed by atoms with Gasteiger partial charge in [-0.15, -0.1) is 0 Å². The summed E-state index contributed by atoms with van der Waals surface area (Å²) in [5.41, 5.74) is 6.75. The van der Waals surface area contributed by atoms with Crippen molar-refractivity contribution in [1.29, 1.82) is 0 Å². The van der Waals surface area contributed by atoms with E-state index in [9.17, 15) is 4.79 Å². The van der Waals surface area contributed by atoms with Crippen molar-refractivity contribution < 1.29 is 4.79 Å². The summed E-state index contributed by atoms with van der Waals surface area (Å²) in [6.45, 7) is 5.93. The summed E-state index contributed by atoms with van der Waals surface area (Å²) in [6.07, 6.45) is 1.84. The number of carbonyl (C=O) groups is 1. The van der Waals surface area contributed by atoms with Gasteiger partial charge in [-0.05, 0) is 38.5 Å². The van der Waals surface area contributed by atoms with Crippen molar-refractivity contribution in [3.63, 3.8) is 0 Å². The fourth-order valence-electron chi connectivity index (χ4n) is 3.47. The van der Waals surface area contributed by atoms with Crippen LogP contribution in [0.4, 0.5) is 5.69 Å². The minimum atomic E-state index is -0.0797. The number of anilines is 1. The lowest BCUT2D eigenvalue weighted by molar-refractivity contribution is -0.113.